The second-order valence-electron chi connectivity index (χ2n) is 8.09. The number of rotatable bonds is 3. The molecule has 2 atom stereocenters. The van der Waals surface area contributed by atoms with E-state index in [0.717, 1.165) is 42.8 Å². The molecule has 2 aliphatic heterocycles. The van der Waals surface area contributed by atoms with Crippen LogP contribution >= 0.6 is 0 Å². The summed E-state index contributed by atoms with van der Waals surface area (Å²) in [6, 6.07) is 10.2. The maximum Gasteiger partial charge on any atom is 0.137 e. The van der Waals surface area contributed by atoms with Crippen molar-refractivity contribution in [1.29, 1.82) is 5.26 Å². The number of benzene rings is 1. The van der Waals surface area contributed by atoms with Crippen molar-refractivity contribution in [3.63, 3.8) is 0 Å². The number of fused-ring (bicyclic) bond motifs is 3. The quantitative estimate of drug-likeness (QED) is 0.903. The lowest BCUT2D eigenvalue weighted by Gasteiger charge is -2.43. The molecule has 0 unspecified atom stereocenters. The largest absolute Gasteiger partial charge is 0.378 e. The minimum Gasteiger partial charge on any atom is -0.378 e. The molecule has 6 nitrogen and oxygen atoms in total. The molecular weight excluding hydrogens is 338 g/mol. The topological polar surface area (TPSA) is 74.1 Å². The Bertz CT molecular complexity index is 854. The number of aromatic nitrogens is 2. The molecule has 1 aliphatic carbocycles. The monoisotopic (exact) mass is 363 g/mol. The van der Waals surface area contributed by atoms with Gasteiger partial charge in [-0.1, -0.05) is 0 Å². The number of ether oxygens (including phenoxy) is 1. The minimum atomic E-state index is 0.434. The molecule has 3 fully saturated rings. The lowest BCUT2D eigenvalue weighted by atomic mass is 9.89. The highest BCUT2D eigenvalue weighted by Crippen LogP contribution is 2.36. The van der Waals surface area contributed by atoms with Crippen LogP contribution in [0.3, 0.4) is 0 Å². The first-order valence-electron chi connectivity index (χ1n) is 10.1. The Morgan fingerprint density at radius 1 is 1.00 bits per heavy atom. The summed E-state index contributed by atoms with van der Waals surface area (Å²) < 4.78 is 5.75. The summed E-state index contributed by atoms with van der Waals surface area (Å²) in [5.74, 6) is 0.854. The zero-order chi connectivity index (χ0) is 18.2. The standard InChI is InChI=1S/C21H25N5O/c22-10-14-1-8-20-19(9-14)21(24-13-23-20)25-15-2-4-16(5-3-15)26-17-6-7-18(26)12-27-11-17/h1,8-9,13,15-18H,2-7,11-12H2,(H,23,24,25)/t15?,16?,17-,18-/m1/s1. The highest BCUT2D eigenvalue weighted by atomic mass is 16.5. The second-order valence-corrected chi connectivity index (χ2v) is 8.09. The van der Waals surface area contributed by atoms with E-state index in [1.165, 1.54) is 25.7 Å². The fourth-order valence-corrected chi connectivity index (χ4v) is 5.21. The molecule has 0 spiro atoms. The Morgan fingerprint density at radius 3 is 2.48 bits per heavy atom. The number of nitriles is 1. The van der Waals surface area contributed by atoms with Crippen molar-refractivity contribution >= 4 is 16.7 Å². The van der Waals surface area contributed by atoms with Gasteiger partial charge in [-0.2, -0.15) is 5.26 Å². The van der Waals surface area contributed by atoms with Gasteiger partial charge in [0.15, 0.2) is 0 Å². The Hall–Kier alpha value is -2.23. The number of nitrogens with one attached hydrogen (secondary N) is 1. The average molecular weight is 363 g/mol. The predicted octanol–water partition coefficient (Wildman–Crippen LogP) is 3.09. The molecule has 3 heterocycles. The summed E-state index contributed by atoms with van der Waals surface area (Å²) in [7, 11) is 0. The van der Waals surface area contributed by atoms with Crippen molar-refractivity contribution in [1.82, 2.24) is 14.9 Å². The fourth-order valence-electron chi connectivity index (χ4n) is 5.21. The Kier molecular flexibility index (Phi) is 4.42. The number of morpholine rings is 1. The van der Waals surface area contributed by atoms with Gasteiger partial charge in [0.2, 0.25) is 0 Å². The lowest BCUT2D eigenvalue weighted by molar-refractivity contribution is -0.0437. The first kappa shape index (κ1) is 16.9. The molecular formula is C21H25N5O. The Labute approximate surface area is 159 Å². The van der Waals surface area contributed by atoms with E-state index in [1.807, 2.05) is 12.1 Å². The third kappa shape index (κ3) is 3.15. The van der Waals surface area contributed by atoms with Gasteiger partial charge in [-0.25, -0.2) is 9.97 Å². The number of hydrogen-bond acceptors (Lipinski definition) is 6. The molecule has 0 radical (unpaired) electrons. The highest BCUT2D eigenvalue weighted by molar-refractivity contribution is 5.89. The molecule has 3 aliphatic rings. The summed E-state index contributed by atoms with van der Waals surface area (Å²) in [6.07, 6.45) is 8.99. The molecule has 6 heteroatoms. The summed E-state index contributed by atoms with van der Waals surface area (Å²) in [5, 5.41) is 13.8. The van der Waals surface area contributed by atoms with E-state index < -0.39 is 0 Å². The van der Waals surface area contributed by atoms with E-state index in [0.29, 0.717) is 29.7 Å². The van der Waals surface area contributed by atoms with Crippen LogP contribution in [0.15, 0.2) is 24.5 Å². The molecule has 140 valence electrons. The van der Waals surface area contributed by atoms with E-state index in [-0.39, 0.29) is 0 Å². The van der Waals surface area contributed by atoms with Crippen LogP contribution < -0.4 is 5.32 Å². The maximum absolute atomic E-state index is 9.19. The third-order valence-corrected chi connectivity index (χ3v) is 6.52. The smallest absolute Gasteiger partial charge is 0.137 e. The Morgan fingerprint density at radius 2 is 1.74 bits per heavy atom. The van der Waals surface area contributed by atoms with E-state index in [4.69, 9.17) is 4.74 Å². The fraction of sp³-hybridized carbons (Fsp3) is 0.571. The second kappa shape index (κ2) is 7.06. The van der Waals surface area contributed by atoms with E-state index in [9.17, 15) is 5.26 Å². The molecule has 1 aromatic heterocycles. The van der Waals surface area contributed by atoms with Crippen LogP contribution in [-0.4, -0.2) is 52.2 Å². The van der Waals surface area contributed by atoms with Gasteiger partial charge >= 0.3 is 0 Å². The first-order valence-corrected chi connectivity index (χ1v) is 10.1. The summed E-state index contributed by atoms with van der Waals surface area (Å²) in [6.45, 7) is 1.84. The van der Waals surface area contributed by atoms with Crippen LogP contribution in [0.25, 0.3) is 10.9 Å². The van der Waals surface area contributed by atoms with Gasteiger partial charge in [0, 0.05) is 29.6 Å². The summed E-state index contributed by atoms with van der Waals surface area (Å²) in [4.78, 5) is 11.6. The highest BCUT2D eigenvalue weighted by Gasteiger charge is 2.42. The molecule has 1 aromatic carbocycles. The zero-order valence-corrected chi connectivity index (χ0v) is 15.5. The molecule has 1 saturated carbocycles. The summed E-state index contributed by atoms with van der Waals surface area (Å²) >= 11 is 0. The van der Waals surface area contributed by atoms with Gasteiger partial charge in [-0.15, -0.1) is 0 Å². The van der Waals surface area contributed by atoms with Gasteiger partial charge in [-0.3, -0.25) is 4.90 Å². The van der Waals surface area contributed by atoms with Crippen LogP contribution in [0, 0.1) is 11.3 Å². The van der Waals surface area contributed by atoms with Crippen LogP contribution in [0.1, 0.15) is 44.1 Å². The van der Waals surface area contributed by atoms with Crippen LogP contribution in [0.4, 0.5) is 5.82 Å². The Balaban J connectivity index is 1.27. The van der Waals surface area contributed by atoms with Gasteiger partial charge in [0.05, 0.1) is 30.4 Å². The van der Waals surface area contributed by atoms with Crippen molar-refractivity contribution in [3.8, 4) is 6.07 Å². The van der Waals surface area contributed by atoms with E-state index in [2.05, 4.69) is 26.3 Å². The average Bonchev–Trinajstić information content (AvgIpc) is 2.96. The van der Waals surface area contributed by atoms with Gasteiger partial charge in [0.25, 0.3) is 0 Å². The molecule has 2 bridgehead atoms. The summed E-state index contributed by atoms with van der Waals surface area (Å²) in [5.41, 5.74) is 1.52. The third-order valence-electron chi connectivity index (χ3n) is 6.52. The van der Waals surface area contributed by atoms with Crippen molar-refractivity contribution < 1.29 is 4.74 Å². The number of nitrogens with zero attached hydrogens (tertiary/aromatic N) is 4. The first-order chi connectivity index (χ1) is 13.3. The minimum absolute atomic E-state index is 0.434. The SMILES string of the molecule is N#Cc1ccc2ncnc(NC3CCC(N4[C@@H]5CC[C@@H]4COC5)CC3)c2c1. The van der Waals surface area contributed by atoms with Crippen LogP contribution in [0.2, 0.25) is 0 Å². The molecule has 2 aromatic rings. The number of hydrogen-bond donors (Lipinski definition) is 1. The zero-order valence-electron chi connectivity index (χ0n) is 15.5. The molecule has 5 rings (SSSR count). The van der Waals surface area contributed by atoms with Gasteiger partial charge in [0.1, 0.15) is 12.1 Å². The van der Waals surface area contributed by atoms with Crippen molar-refractivity contribution in [2.45, 2.75) is 62.7 Å². The predicted molar refractivity (Wildman–Crippen MR) is 103 cm³/mol. The van der Waals surface area contributed by atoms with Gasteiger partial charge in [-0.05, 0) is 56.7 Å². The van der Waals surface area contributed by atoms with Crippen LogP contribution in [-0.2, 0) is 4.74 Å². The van der Waals surface area contributed by atoms with Crippen molar-refractivity contribution in [2.75, 3.05) is 18.5 Å². The van der Waals surface area contributed by atoms with Crippen molar-refractivity contribution in [3.05, 3.63) is 30.1 Å². The normalized spacial score (nSPS) is 30.9. The van der Waals surface area contributed by atoms with Crippen molar-refractivity contribution in [2.24, 2.45) is 0 Å². The maximum atomic E-state index is 9.19. The number of anilines is 1. The molecule has 0 amide bonds. The van der Waals surface area contributed by atoms with E-state index in [1.54, 1.807) is 12.4 Å². The molecule has 1 N–H and O–H groups in total. The van der Waals surface area contributed by atoms with Gasteiger partial charge < -0.3 is 10.1 Å². The molecule has 27 heavy (non-hydrogen) atoms. The van der Waals surface area contributed by atoms with Crippen LogP contribution in [0.5, 0.6) is 0 Å². The lowest BCUT2D eigenvalue weighted by Crippen LogP contribution is -2.52. The molecule has 2 saturated heterocycles. The van der Waals surface area contributed by atoms with E-state index >= 15 is 0 Å².